The number of para-hydroxylation sites is 1. The van der Waals surface area contributed by atoms with E-state index < -0.39 is 0 Å². The Kier molecular flexibility index (Phi) is 10.2. The van der Waals surface area contributed by atoms with Crippen LogP contribution in [0, 0.1) is 0 Å². The fourth-order valence-corrected chi connectivity index (χ4v) is 8.91. The molecule has 2 nitrogen and oxygen atoms in total. The van der Waals surface area contributed by atoms with Crippen molar-refractivity contribution in [1.29, 1.82) is 0 Å². The average Bonchev–Trinajstić information content (AvgIpc) is 3.29. The normalized spacial score (nSPS) is 14.8. The summed E-state index contributed by atoms with van der Waals surface area (Å²) in [7, 11) is 0. The van der Waals surface area contributed by atoms with E-state index in [0.29, 0.717) is 0 Å². The Morgan fingerprint density at radius 1 is 0.357 bits per heavy atom. The van der Waals surface area contributed by atoms with Gasteiger partial charge in [0.15, 0.2) is 0 Å². The molecule has 1 fully saturated rings. The van der Waals surface area contributed by atoms with Gasteiger partial charge in [-0.05, 0) is 126 Å². The van der Waals surface area contributed by atoms with E-state index in [1.807, 2.05) is 0 Å². The van der Waals surface area contributed by atoms with E-state index in [0.717, 1.165) is 42.7 Å². The maximum absolute atomic E-state index is 2.45. The second-order valence-electron chi connectivity index (χ2n) is 15.2. The number of allylic oxidation sites excluding steroid dienone is 4. The quantitative estimate of drug-likeness (QED) is 0.139. The minimum Gasteiger partial charge on any atom is -0.314 e. The summed E-state index contributed by atoms with van der Waals surface area (Å²) < 4.78 is 0. The number of benzene rings is 7. The van der Waals surface area contributed by atoms with Gasteiger partial charge in [0, 0.05) is 39.5 Å². The van der Waals surface area contributed by atoms with Gasteiger partial charge >= 0.3 is 0 Å². The molecule has 0 radical (unpaired) electrons. The number of hydrogen-bond donors (Lipinski definition) is 0. The van der Waals surface area contributed by atoms with Crippen LogP contribution >= 0.6 is 0 Å². The summed E-state index contributed by atoms with van der Waals surface area (Å²) in [5.74, 6) is 0. The Hall–Kier alpha value is -6.38. The van der Waals surface area contributed by atoms with E-state index in [4.69, 9.17) is 0 Å². The number of hydrogen-bond acceptors (Lipinski definition) is 2. The number of anilines is 5. The van der Waals surface area contributed by atoms with E-state index in [1.165, 1.54) is 69.7 Å². The van der Waals surface area contributed by atoms with Gasteiger partial charge in [0.05, 0.1) is 0 Å². The van der Waals surface area contributed by atoms with Crippen molar-refractivity contribution in [3.8, 4) is 22.3 Å². The third-order valence-electron chi connectivity index (χ3n) is 11.8. The highest BCUT2D eigenvalue weighted by atomic mass is 15.2. The highest BCUT2D eigenvalue weighted by molar-refractivity contribution is 5.79. The molecule has 0 aliphatic heterocycles. The molecule has 1 saturated carbocycles. The molecule has 0 spiro atoms. The summed E-state index contributed by atoms with van der Waals surface area (Å²) in [4.78, 5) is 4.83. The van der Waals surface area contributed by atoms with Crippen LogP contribution in [0.25, 0.3) is 22.3 Å². The molecule has 0 N–H and O–H groups in total. The Morgan fingerprint density at radius 2 is 0.750 bits per heavy atom. The lowest BCUT2D eigenvalue weighted by Gasteiger charge is -2.39. The largest absolute Gasteiger partial charge is 0.314 e. The third-order valence-corrected chi connectivity index (χ3v) is 11.8. The van der Waals surface area contributed by atoms with Gasteiger partial charge in [-0.2, -0.15) is 0 Å². The average molecular weight is 725 g/mol. The van der Waals surface area contributed by atoms with Crippen LogP contribution in [-0.2, 0) is 5.41 Å². The van der Waals surface area contributed by atoms with Crippen LogP contribution < -0.4 is 9.80 Å². The van der Waals surface area contributed by atoms with E-state index in [2.05, 4.69) is 216 Å². The van der Waals surface area contributed by atoms with Gasteiger partial charge in [-0.25, -0.2) is 0 Å². The lowest BCUT2D eigenvalue weighted by Crippen LogP contribution is -2.30. The first kappa shape index (κ1) is 35.3. The van der Waals surface area contributed by atoms with Crippen molar-refractivity contribution >= 4 is 28.4 Å². The predicted molar refractivity (Wildman–Crippen MR) is 237 cm³/mol. The van der Waals surface area contributed by atoms with Crippen molar-refractivity contribution in [3.63, 3.8) is 0 Å². The van der Waals surface area contributed by atoms with Gasteiger partial charge in [-0.3, -0.25) is 0 Å². The van der Waals surface area contributed by atoms with Crippen molar-refractivity contribution in [2.75, 3.05) is 9.80 Å². The van der Waals surface area contributed by atoms with Crippen LogP contribution in [-0.4, -0.2) is 0 Å². The van der Waals surface area contributed by atoms with E-state index in [-0.39, 0.29) is 5.41 Å². The van der Waals surface area contributed by atoms with Crippen molar-refractivity contribution in [1.82, 2.24) is 0 Å². The SMILES string of the molecule is C1=CCCC(N(c2ccc(-c3ccccc3)cc2)c2ccc(C3(c4ccc(N(c5ccccc5)c5ccc(-c6ccccc6)cc5)cc4)CCCCC3)cc2)=C1. The molecule has 7 aromatic rings. The van der Waals surface area contributed by atoms with Crippen LogP contribution in [0.5, 0.6) is 0 Å². The van der Waals surface area contributed by atoms with Crippen molar-refractivity contribution in [2.24, 2.45) is 0 Å². The Morgan fingerprint density at radius 3 is 1.20 bits per heavy atom. The lowest BCUT2D eigenvalue weighted by atomic mass is 9.65. The number of rotatable bonds is 10. The standard InChI is InChI=1S/C54H48N2/c1-6-16-42(17-7-1)44-24-32-50(33-25-44)55(48-20-10-3-11-21-48)52-36-28-46(29-37-52)54(40-14-5-15-41-54)47-30-38-53(39-31-47)56(49-22-12-4-13-23-49)51-34-26-45(27-35-51)43-18-8-2-9-19-43/h1-4,6-12,16-22,24-39H,5,13-15,23,40-41H2. The van der Waals surface area contributed by atoms with Crippen LogP contribution in [0.1, 0.15) is 56.1 Å². The first-order valence-electron chi connectivity index (χ1n) is 20.3. The van der Waals surface area contributed by atoms with E-state index >= 15 is 0 Å². The molecule has 0 atom stereocenters. The van der Waals surface area contributed by atoms with Gasteiger partial charge in [0.2, 0.25) is 0 Å². The summed E-state index contributed by atoms with van der Waals surface area (Å²) >= 11 is 0. The summed E-state index contributed by atoms with van der Waals surface area (Å²) in [5.41, 5.74) is 14.9. The summed E-state index contributed by atoms with van der Waals surface area (Å²) in [6, 6.07) is 69.0. The molecular formula is C54H48N2. The molecule has 0 saturated heterocycles. The molecule has 0 bridgehead atoms. The summed E-state index contributed by atoms with van der Waals surface area (Å²) in [6.07, 6.45) is 14.9. The second-order valence-corrected chi connectivity index (χ2v) is 15.2. The van der Waals surface area contributed by atoms with Crippen LogP contribution in [0.3, 0.4) is 0 Å². The topological polar surface area (TPSA) is 6.48 Å². The summed E-state index contributed by atoms with van der Waals surface area (Å²) in [5, 5.41) is 0. The first-order valence-corrected chi connectivity index (χ1v) is 20.3. The van der Waals surface area contributed by atoms with Gasteiger partial charge in [-0.1, -0.05) is 159 Å². The zero-order valence-electron chi connectivity index (χ0n) is 32.0. The van der Waals surface area contributed by atoms with Gasteiger partial charge in [0.1, 0.15) is 0 Å². The van der Waals surface area contributed by atoms with Crippen molar-refractivity contribution in [2.45, 2.75) is 50.4 Å². The Labute approximate surface area is 332 Å². The zero-order chi connectivity index (χ0) is 37.6. The maximum Gasteiger partial charge on any atom is 0.0462 e. The highest BCUT2D eigenvalue weighted by Crippen LogP contribution is 2.47. The van der Waals surface area contributed by atoms with Crippen molar-refractivity contribution in [3.05, 3.63) is 223 Å². The fraction of sp³-hybridized carbons (Fsp3) is 0.148. The molecule has 2 aliphatic rings. The van der Waals surface area contributed by atoms with E-state index in [1.54, 1.807) is 0 Å². The predicted octanol–water partition coefficient (Wildman–Crippen LogP) is 15.1. The van der Waals surface area contributed by atoms with Crippen LogP contribution in [0.4, 0.5) is 28.4 Å². The first-order chi connectivity index (χ1) is 27.7. The molecular weight excluding hydrogens is 677 g/mol. The van der Waals surface area contributed by atoms with Gasteiger partial charge < -0.3 is 9.80 Å². The molecule has 56 heavy (non-hydrogen) atoms. The second kappa shape index (κ2) is 16.2. The lowest BCUT2D eigenvalue weighted by molar-refractivity contribution is 0.346. The Bertz CT molecular complexity index is 2390. The number of nitrogens with zero attached hydrogens (tertiary/aromatic N) is 2. The van der Waals surface area contributed by atoms with Crippen LogP contribution in [0.15, 0.2) is 212 Å². The molecule has 9 rings (SSSR count). The van der Waals surface area contributed by atoms with Crippen LogP contribution in [0.2, 0.25) is 0 Å². The maximum atomic E-state index is 2.45. The third kappa shape index (κ3) is 7.23. The molecule has 7 aromatic carbocycles. The van der Waals surface area contributed by atoms with Crippen molar-refractivity contribution < 1.29 is 0 Å². The molecule has 274 valence electrons. The molecule has 0 aromatic heterocycles. The van der Waals surface area contributed by atoms with Gasteiger partial charge in [0.25, 0.3) is 0 Å². The molecule has 0 heterocycles. The smallest absolute Gasteiger partial charge is 0.0462 e. The molecule has 2 heteroatoms. The highest BCUT2D eigenvalue weighted by Gasteiger charge is 2.36. The summed E-state index contributed by atoms with van der Waals surface area (Å²) in [6.45, 7) is 0. The molecule has 0 unspecified atom stereocenters. The Balaban J connectivity index is 1.04. The monoisotopic (exact) mass is 724 g/mol. The van der Waals surface area contributed by atoms with E-state index in [9.17, 15) is 0 Å². The molecule has 2 aliphatic carbocycles. The van der Waals surface area contributed by atoms with Gasteiger partial charge in [-0.15, -0.1) is 0 Å². The minimum atomic E-state index is -0.0147. The zero-order valence-corrected chi connectivity index (χ0v) is 32.0. The fourth-order valence-electron chi connectivity index (χ4n) is 8.91. The molecule has 0 amide bonds. The minimum absolute atomic E-state index is 0.0147.